The van der Waals surface area contributed by atoms with Gasteiger partial charge in [0.25, 0.3) is 0 Å². The average molecular weight is 382 g/mol. The molecule has 0 amide bonds. The van der Waals surface area contributed by atoms with Gasteiger partial charge in [-0.25, -0.2) is 4.98 Å². The summed E-state index contributed by atoms with van der Waals surface area (Å²) < 4.78 is 0. The van der Waals surface area contributed by atoms with Crippen LogP contribution >= 0.6 is 23.2 Å². The molecule has 0 unspecified atom stereocenters. The lowest BCUT2D eigenvalue weighted by molar-refractivity contribution is 0.132. The zero-order valence-electron chi connectivity index (χ0n) is 15.5. The Morgan fingerprint density at radius 3 is 2.00 bits per heavy atom. The SMILES string of the molecule is Clc1ccc(CCCCC(C2CCCCC2)C2CCCCC2)c(Cl)n1. The van der Waals surface area contributed by atoms with Crippen LogP contribution < -0.4 is 0 Å². The molecule has 2 saturated carbocycles. The smallest absolute Gasteiger partial charge is 0.134 e. The van der Waals surface area contributed by atoms with Crippen molar-refractivity contribution in [2.75, 3.05) is 0 Å². The van der Waals surface area contributed by atoms with Crippen LogP contribution in [0, 0.1) is 17.8 Å². The molecule has 0 aliphatic heterocycles. The molecule has 0 bridgehead atoms. The first kappa shape index (κ1) is 19.5. The van der Waals surface area contributed by atoms with Crippen molar-refractivity contribution in [2.24, 2.45) is 17.8 Å². The van der Waals surface area contributed by atoms with Gasteiger partial charge in [0.15, 0.2) is 0 Å². The highest BCUT2D eigenvalue weighted by atomic mass is 35.5. The minimum atomic E-state index is 0.489. The van der Waals surface area contributed by atoms with Gasteiger partial charge in [0.1, 0.15) is 10.3 Å². The Balaban J connectivity index is 1.50. The first-order valence-electron chi connectivity index (χ1n) is 10.5. The van der Waals surface area contributed by atoms with E-state index < -0.39 is 0 Å². The number of hydrogen-bond donors (Lipinski definition) is 0. The topological polar surface area (TPSA) is 12.9 Å². The fourth-order valence-electron chi connectivity index (χ4n) is 5.30. The number of pyridine rings is 1. The fraction of sp³-hybridized carbons (Fsp3) is 0.773. The Labute approximate surface area is 163 Å². The maximum Gasteiger partial charge on any atom is 0.134 e. The van der Waals surface area contributed by atoms with E-state index in [1.807, 2.05) is 12.1 Å². The van der Waals surface area contributed by atoms with Crippen LogP contribution in [0.25, 0.3) is 0 Å². The molecule has 3 heteroatoms. The van der Waals surface area contributed by atoms with Crippen LogP contribution in [0.2, 0.25) is 10.3 Å². The monoisotopic (exact) mass is 381 g/mol. The Morgan fingerprint density at radius 1 is 0.840 bits per heavy atom. The molecule has 140 valence electrons. The molecule has 0 aromatic carbocycles. The molecular weight excluding hydrogens is 349 g/mol. The molecule has 1 aromatic rings. The van der Waals surface area contributed by atoms with Crippen molar-refractivity contribution >= 4 is 23.2 Å². The van der Waals surface area contributed by atoms with Crippen molar-refractivity contribution < 1.29 is 0 Å². The van der Waals surface area contributed by atoms with E-state index in [1.54, 1.807) is 0 Å². The number of halogens is 2. The number of aromatic nitrogens is 1. The van der Waals surface area contributed by atoms with E-state index in [9.17, 15) is 0 Å². The molecule has 2 aliphatic carbocycles. The van der Waals surface area contributed by atoms with Gasteiger partial charge in [-0.1, -0.05) is 99.9 Å². The van der Waals surface area contributed by atoms with Crippen molar-refractivity contribution in [3.8, 4) is 0 Å². The lowest BCUT2D eigenvalue weighted by atomic mass is 9.68. The Hall–Kier alpha value is -0.270. The van der Waals surface area contributed by atoms with Gasteiger partial charge in [-0.3, -0.25) is 0 Å². The van der Waals surface area contributed by atoms with Gasteiger partial charge in [0.05, 0.1) is 0 Å². The maximum absolute atomic E-state index is 6.22. The predicted octanol–water partition coefficient (Wildman–Crippen LogP) is 7.88. The first-order valence-corrected chi connectivity index (χ1v) is 11.3. The van der Waals surface area contributed by atoms with E-state index >= 15 is 0 Å². The normalized spacial score (nSPS) is 20.3. The zero-order valence-corrected chi connectivity index (χ0v) is 17.0. The average Bonchev–Trinajstić information content (AvgIpc) is 2.65. The molecule has 25 heavy (non-hydrogen) atoms. The molecule has 0 radical (unpaired) electrons. The summed E-state index contributed by atoms with van der Waals surface area (Å²) >= 11 is 12.1. The van der Waals surface area contributed by atoms with Crippen molar-refractivity contribution in [1.29, 1.82) is 0 Å². The van der Waals surface area contributed by atoms with Crippen LogP contribution in [0.15, 0.2) is 12.1 Å². The summed E-state index contributed by atoms with van der Waals surface area (Å²) in [5.74, 6) is 3.01. The van der Waals surface area contributed by atoms with Crippen molar-refractivity contribution in [3.63, 3.8) is 0 Å². The number of nitrogens with zero attached hydrogens (tertiary/aromatic N) is 1. The summed E-state index contributed by atoms with van der Waals surface area (Å²) in [5, 5.41) is 1.08. The third-order valence-electron chi connectivity index (χ3n) is 6.64. The van der Waals surface area contributed by atoms with Crippen LogP contribution in [-0.4, -0.2) is 4.98 Å². The summed E-state index contributed by atoms with van der Waals surface area (Å²) in [6.45, 7) is 0. The van der Waals surface area contributed by atoms with Crippen LogP contribution in [0.4, 0.5) is 0 Å². The van der Waals surface area contributed by atoms with E-state index in [-0.39, 0.29) is 0 Å². The fourth-order valence-corrected chi connectivity index (χ4v) is 5.74. The summed E-state index contributed by atoms with van der Waals surface area (Å²) in [6.07, 6.45) is 19.8. The third-order valence-corrected chi connectivity index (χ3v) is 7.17. The van der Waals surface area contributed by atoms with Gasteiger partial charge < -0.3 is 0 Å². The highest BCUT2D eigenvalue weighted by Crippen LogP contribution is 2.42. The van der Waals surface area contributed by atoms with Gasteiger partial charge in [0.2, 0.25) is 0 Å². The van der Waals surface area contributed by atoms with Crippen LogP contribution in [0.3, 0.4) is 0 Å². The van der Waals surface area contributed by atoms with Crippen LogP contribution in [0.1, 0.15) is 89.0 Å². The van der Waals surface area contributed by atoms with Crippen molar-refractivity contribution in [2.45, 2.75) is 89.9 Å². The molecule has 2 fully saturated rings. The largest absolute Gasteiger partial charge is 0.224 e. The third kappa shape index (κ3) is 5.86. The molecule has 1 heterocycles. The zero-order chi connectivity index (χ0) is 17.5. The number of rotatable bonds is 7. The Kier molecular flexibility index (Phi) is 7.92. The minimum absolute atomic E-state index is 0.489. The van der Waals surface area contributed by atoms with E-state index in [0.717, 1.165) is 29.7 Å². The molecule has 1 nitrogen and oxygen atoms in total. The van der Waals surface area contributed by atoms with Gasteiger partial charge in [0, 0.05) is 0 Å². The summed E-state index contributed by atoms with van der Waals surface area (Å²) in [5.41, 5.74) is 1.15. The Bertz CT molecular complexity index is 501. The second-order valence-corrected chi connectivity index (χ2v) is 9.03. The van der Waals surface area contributed by atoms with E-state index in [4.69, 9.17) is 23.2 Å². The summed E-state index contributed by atoms with van der Waals surface area (Å²) in [4.78, 5) is 4.17. The predicted molar refractivity (Wildman–Crippen MR) is 108 cm³/mol. The first-order chi connectivity index (χ1) is 12.2. The lowest BCUT2D eigenvalue weighted by Crippen LogP contribution is -2.27. The number of hydrogen-bond acceptors (Lipinski definition) is 1. The molecule has 1 aromatic heterocycles. The molecule has 0 spiro atoms. The van der Waals surface area contributed by atoms with Crippen molar-refractivity contribution in [3.05, 3.63) is 28.0 Å². The molecular formula is C22H33Cl2N. The highest BCUT2D eigenvalue weighted by molar-refractivity contribution is 6.32. The quantitative estimate of drug-likeness (QED) is 0.345. The van der Waals surface area contributed by atoms with Crippen molar-refractivity contribution in [1.82, 2.24) is 4.98 Å². The van der Waals surface area contributed by atoms with E-state index in [2.05, 4.69) is 4.98 Å². The van der Waals surface area contributed by atoms with Gasteiger partial charge in [-0.2, -0.15) is 0 Å². The summed E-state index contributed by atoms with van der Waals surface area (Å²) in [6, 6.07) is 3.90. The minimum Gasteiger partial charge on any atom is -0.224 e. The van der Waals surface area contributed by atoms with Gasteiger partial charge in [-0.05, 0) is 48.6 Å². The molecule has 0 saturated heterocycles. The number of unbranched alkanes of at least 4 members (excludes halogenated alkanes) is 1. The lowest BCUT2D eigenvalue weighted by Gasteiger charge is -2.38. The van der Waals surface area contributed by atoms with Crippen LogP contribution in [0.5, 0.6) is 0 Å². The second-order valence-electron chi connectivity index (χ2n) is 8.29. The molecule has 3 rings (SSSR count). The van der Waals surface area contributed by atoms with E-state index in [1.165, 1.54) is 83.5 Å². The summed E-state index contributed by atoms with van der Waals surface area (Å²) in [7, 11) is 0. The molecule has 0 atom stereocenters. The number of aryl methyl sites for hydroxylation is 1. The van der Waals surface area contributed by atoms with E-state index in [0.29, 0.717) is 10.3 Å². The van der Waals surface area contributed by atoms with Gasteiger partial charge in [-0.15, -0.1) is 0 Å². The second kappa shape index (κ2) is 10.2. The Morgan fingerprint density at radius 2 is 1.44 bits per heavy atom. The van der Waals surface area contributed by atoms with Gasteiger partial charge >= 0.3 is 0 Å². The molecule has 0 N–H and O–H groups in total. The molecule has 2 aliphatic rings. The standard InChI is InChI=1S/C22H33Cl2N/c23-21-16-15-19(22(24)25-21)13-7-8-14-20(17-9-3-1-4-10-17)18-11-5-2-6-12-18/h15-18,20H,1-14H2. The highest BCUT2D eigenvalue weighted by Gasteiger charge is 2.30. The van der Waals surface area contributed by atoms with Crippen LogP contribution in [-0.2, 0) is 6.42 Å². The maximum atomic E-state index is 6.22.